The van der Waals surface area contributed by atoms with Gasteiger partial charge in [0.25, 0.3) is 5.91 Å². The summed E-state index contributed by atoms with van der Waals surface area (Å²) in [5.41, 5.74) is 2.22. The molecule has 0 radical (unpaired) electrons. The zero-order chi connectivity index (χ0) is 14.9. The Morgan fingerprint density at radius 1 is 1.35 bits per heavy atom. The predicted octanol–water partition coefficient (Wildman–Crippen LogP) is 2.74. The van der Waals surface area contributed by atoms with Crippen LogP contribution < -0.4 is 5.32 Å². The number of amides is 1. The number of carbonyl (C=O) groups excluding carboxylic acids is 1. The molecule has 20 heavy (non-hydrogen) atoms. The van der Waals surface area contributed by atoms with E-state index in [2.05, 4.69) is 31.4 Å². The molecule has 0 aliphatic heterocycles. The smallest absolute Gasteiger partial charge is 0.336 e. The fourth-order valence-electron chi connectivity index (χ4n) is 1.85. The lowest BCUT2D eigenvalue weighted by Crippen LogP contribution is -2.14. The third kappa shape index (κ3) is 2.72. The number of H-pyrrole nitrogens is 1. The molecule has 1 heterocycles. The first-order valence-corrected chi connectivity index (χ1v) is 6.55. The largest absolute Gasteiger partial charge is 0.478 e. The van der Waals surface area contributed by atoms with Crippen molar-refractivity contribution in [3.05, 3.63) is 45.2 Å². The van der Waals surface area contributed by atoms with Crippen molar-refractivity contribution in [2.24, 2.45) is 0 Å². The molecule has 6 nitrogen and oxygen atoms in total. The van der Waals surface area contributed by atoms with E-state index in [9.17, 15) is 9.59 Å². The number of nitrogens with one attached hydrogen (secondary N) is 2. The van der Waals surface area contributed by atoms with Crippen molar-refractivity contribution in [3.8, 4) is 0 Å². The number of carboxylic acids is 1. The van der Waals surface area contributed by atoms with E-state index in [4.69, 9.17) is 5.11 Å². The normalized spacial score (nSPS) is 10.3. The van der Waals surface area contributed by atoms with Crippen LogP contribution in [0.15, 0.2) is 22.7 Å². The van der Waals surface area contributed by atoms with Crippen LogP contribution in [-0.4, -0.2) is 27.2 Å². The monoisotopic (exact) mass is 337 g/mol. The third-order valence-electron chi connectivity index (χ3n) is 2.81. The lowest BCUT2D eigenvalue weighted by molar-refractivity contribution is 0.0695. The molecule has 0 saturated heterocycles. The summed E-state index contributed by atoms with van der Waals surface area (Å²) in [6.07, 6.45) is 0. The summed E-state index contributed by atoms with van der Waals surface area (Å²) >= 11 is 3.15. The SMILES string of the molecule is Cc1n[nH]c(C)c1C(=O)Nc1ccc(Br)c(C(=O)O)c1. The lowest BCUT2D eigenvalue weighted by atomic mass is 10.1. The molecule has 0 bridgehead atoms. The van der Waals surface area contributed by atoms with E-state index in [1.54, 1.807) is 26.0 Å². The van der Waals surface area contributed by atoms with Crippen molar-refractivity contribution in [1.29, 1.82) is 0 Å². The number of hydrogen-bond donors (Lipinski definition) is 3. The molecule has 2 rings (SSSR count). The van der Waals surface area contributed by atoms with Crippen molar-refractivity contribution in [3.63, 3.8) is 0 Å². The van der Waals surface area contributed by atoms with Gasteiger partial charge in [0, 0.05) is 15.9 Å². The number of aromatic nitrogens is 2. The number of aryl methyl sites for hydroxylation is 2. The maximum Gasteiger partial charge on any atom is 0.336 e. The van der Waals surface area contributed by atoms with Crippen LogP contribution >= 0.6 is 15.9 Å². The van der Waals surface area contributed by atoms with Crippen molar-refractivity contribution < 1.29 is 14.7 Å². The number of aromatic carboxylic acids is 1. The predicted molar refractivity (Wildman–Crippen MR) is 77.1 cm³/mol. The fraction of sp³-hybridized carbons (Fsp3) is 0.154. The maximum atomic E-state index is 12.2. The van der Waals surface area contributed by atoms with Gasteiger partial charge < -0.3 is 10.4 Å². The number of aromatic amines is 1. The highest BCUT2D eigenvalue weighted by Crippen LogP contribution is 2.22. The summed E-state index contributed by atoms with van der Waals surface area (Å²) in [7, 11) is 0. The van der Waals surface area contributed by atoms with Gasteiger partial charge in [-0.05, 0) is 48.0 Å². The standard InChI is InChI=1S/C13H12BrN3O3/c1-6-11(7(2)17-16-6)12(18)15-8-3-4-10(14)9(5-8)13(19)20/h3-5H,1-2H3,(H,15,18)(H,16,17)(H,19,20). The van der Waals surface area contributed by atoms with Gasteiger partial charge >= 0.3 is 5.97 Å². The number of anilines is 1. The van der Waals surface area contributed by atoms with Crippen LogP contribution in [0.4, 0.5) is 5.69 Å². The third-order valence-corrected chi connectivity index (χ3v) is 3.50. The van der Waals surface area contributed by atoms with Gasteiger partial charge in [-0.1, -0.05) is 0 Å². The summed E-state index contributed by atoms with van der Waals surface area (Å²) in [5.74, 6) is -1.39. The van der Waals surface area contributed by atoms with Crippen molar-refractivity contribution >= 4 is 33.5 Å². The Labute approximate surface area is 123 Å². The Morgan fingerprint density at radius 3 is 2.60 bits per heavy atom. The highest BCUT2D eigenvalue weighted by atomic mass is 79.9. The second kappa shape index (κ2) is 5.46. The maximum absolute atomic E-state index is 12.2. The topological polar surface area (TPSA) is 95.1 Å². The van der Waals surface area contributed by atoms with Gasteiger partial charge in [-0.2, -0.15) is 5.10 Å². The molecule has 1 aromatic heterocycles. The lowest BCUT2D eigenvalue weighted by Gasteiger charge is -2.07. The zero-order valence-electron chi connectivity index (χ0n) is 10.8. The van der Waals surface area contributed by atoms with Crippen molar-refractivity contribution in [1.82, 2.24) is 10.2 Å². The molecule has 0 atom stereocenters. The number of halogens is 1. The molecule has 1 aromatic carbocycles. The van der Waals surface area contributed by atoms with Crippen molar-refractivity contribution in [2.45, 2.75) is 13.8 Å². The number of benzene rings is 1. The van der Waals surface area contributed by atoms with Crippen LogP contribution in [0.1, 0.15) is 32.1 Å². The van der Waals surface area contributed by atoms with Gasteiger partial charge in [0.05, 0.1) is 16.8 Å². The molecule has 0 fully saturated rings. The van der Waals surface area contributed by atoms with E-state index in [0.29, 0.717) is 27.1 Å². The summed E-state index contributed by atoms with van der Waals surface area (Å²) in [4.78, 5) is 23.2. The van der Waals surface area contributed by atoms with Crippen LogP contribution in [-0.2, 0) is 0 Å². The van der Waals surface area contributed by atoms with E-state index in [1.807, 2.05) is 0 Å². The molecular weight excluding hydrogens is 326 g/mol. The number of rotatable bonds is 3. The summed E-state index contributed by atoms with van der Waals surface area (Å²) in [5, 5.41) is 18.4. The molecule has 0 aliphatic rings. The van der Waals surface area contributed by atoms with E-state index in [0.717, 1.165) is 0 Å². The number of carbonyl (C=O) groups is 2. The Hall–Kier alpha value is -2.15. The van der Waals surface area contributed by atoms with Gasteiger partial charge in [-0.15, -0.1) is 0 Å². The molecule has 0 saturated carbocycles. The highest BCUT2D eigenvalue weighted by Gasteiger charge is 2.16. The van der Waals surface area contributed by atoms with E-state index < -0.39 is 5.97 Å². The summed E-state index contributed by atoms with van der Waals surface area (Å²) in [6, 6.07) is 4.60. The molecule has 3 N–H and O–H groups in total. The molecule has 104 valence electrons. The quantitative estimate of drug-likeness (QED) is 0.802. The molecular formula is C13H12BrN3O3. The van der Waals surface area contributed by atoms with Crippen LogP contribution in [0.25, 0.3) is 0 Å². The fourth-order valence-corrected chi connectivity index (χ4v) is 2.26. The average molecular weight is 338 g/mol. The second-order valence-corrected chi connectivity index (χ2v) is 5.12. The molecule has 7 heteroatoms. The minimum absolute atomic E-state index is 0.0865. The molecule has 0 spiro atoms. The van der Waals surface area contributed by atoms with Gasteiger partial charge in [-0.25, -0.2) is 4.79 Å². The molecule has 2 aromatic rings. The average Bonchev–Trinajstić information content (AvgIpc) is 2.71. The second-order valence-electron chi connectivity index (χ2n) is 4.26. The Balaban J connectivity index is 2.29. The van der Waals surface area contributed by atoms with Crippen LogP contribution in [0, 0.1) is 13.8 Å². The van der Waals surface area contributed by atoms with Gasteiger partial charge in [0.1, 0.15) is 0 Å². The molecule has 1 amide bonds. The minimum Gasteiger partial charge on any atom is -0.478 e. The van der Waals surface area contributed by atoms with Gasteiger partial charge in [0.2, 0.25) is 0 Å². The summed E-state index contributed by atoms with van der Waals surface area (Å²) in [6.45, 7) is 3.47. The Kier molecular flexibility index (Phi) is 3.89. The Morgan fingerprint density at radius 2 is 2.05 bits per heavy atom. The Bertz CT molecular complexity index is 675. The van der Waals surface area contributed by atoms with Crippen LogP contribution in [0.2, 0.25) is 0 Å². The minimum atomic E-state index is -1.07. The van der Waals surface area contributed by atoms with Crippen molar-refractivity contribution in [2.75, 3.05) is 5.32 Å². The van der Waals surface area contributed by atoms with Crippen LogP contribution in [0.3, 0.4) is 0 Å². The summed E-state index contributed by atoms with van der Waals surface area (Å²) < 4.78 is 0.457. The first-order chi connectivity index (χ1) is 9.40. The number of hydrogen-bond acceptors (Lipinski definition) is 3. The zero-order valence-corrected chi connectivity index (χ0v) is 12.4. The molecule has 0 unspecified atom stereocenters. The van der Waals surface area contributed by atoms with Crippen LogP contribution in [0.5, 0.6) is 0 Å². The highest BCUT2D eigenvalue weighted by molar-refractivity contribution is 9.10. The van der Waals surface area contributed by atoms with E-state index in [-0.39, 0.29) is 11.5 Å². The van der Waals surface area contributed by atoms with E-state index >= 15 is 0 Å². The number of carboxylic acid groups (broad SMARTS) is 1. The van der Waals surface area contributed by atoms with Gasteiger partial charge in [0.15, 0.2) is 0 Å². The first-order valence-electron chi connectivity index (χ1n) is 5.76. The number of nitrogens with zero attached hydrogens (tertiary/aromatic N) is 1. The first kappa shape index (κ1) is 14.3. The van der Waals surface area contributed by atoms with Gasteiger partial charge in [-0.3, -0.25) is 9.89 Å². The van der Waals surface area contributed by atoms with E-state index in [1.165, 1.54) is 6.07 Å². The molecule has 0 aliphatic carbocycles.